The Morgan fingerprint density at radius 3 is 2.85 bits per heavy atom. The molecule has 0 aromatic rings. The lowest BCUT2D eigenvalue weighted by molar-refractivity contribution is -0.230. The van der Waals surface area contributed by atoms with Crippen LogP contribution in [-0.2, 0) is 9.47 Å². The normalized spacial score (nSPS) is 31.6. The van der Waals surface area contributed by atoms with Crippen molar-refractivity contribution in [1.29, 1.82) is 0 Å². The molecule has 1 heterocycles. The Kier molecular flexibility index (Phi) is 4.70. The highest BCUT2D eigenvalue weighted by Gasteiger charge is 2.26. The van der Waals surface area contributed by atoms with Crippen molar-refractivity contribution in [3.05, 3.63) is 0 Å². The zero-order chi connectivity index (χ0) is 9.68. The molecule has 13 heavy (non-hydrogen) atoms. The van der Waals surface area contributed by atoms with Crippen LogP contribution in [0.1, 0.15) is 26.7 Å². The van der Waals surface area contributed by atoms with Crippen molar-refractivity contribution < 1.29 is 9.47 Å². The molecule has 0 aliphatic carbocycles. The summed E-state index contributed by atoms with van der Waals surface area (Å²) < 4.78 is 11.3. The Morgan fingerprint density at radius 1 is 1.54 bits per heavy atom. The Hall–Kier alpha value is -0.120. The van der Waals surface area contributed by atoms with E-state index in [1.54, 1.807) is 0 Å². The number of hydrogen-bond donors (Lipinski definition) is 1. The van der Waals surface area contributed by atoms with E-state index >= 15 is 0 Å². The maximum Gasteiger partial charge on any atom is 0.161 e. The SMILES string of the molecule is CCC(CNC)C1OCCC(C)O1. The molecule has 3 heteroatoms. The summed E-state index contributed by atoms with van der Waals surface area (Å²) in [7, 11) is 1.97. The highest BCUT2D eigenvalue weighted by molar-refractivity contribution is 4.68. The van der Waals surface area contributed by atoms with Gasteiger partial charge >= 0.3 is 0 Å². The molecule has 1 fully saturated rings. The fourth-order valence-corrected chi connectivity index (χ4v) is 1.63. The van der Waals surface area contributed by atoms with E-state index in [2.05, 4.69) is 19.2 Å². The summed E-state index contributed by atoms with van der Waals surface area (Å²) in [6.07, 6.45) is 2.47. The molecule has 0 amide bonds. The van der Waals surface area contributed by atoms with Crippen molar-refractivity contribution in [2.24, 2.45) is 5.92 Å². The Balaban J connectivity index is 2.37. The molecule has 1 rings (SSSR count). The molecular weight excluding hydrogens is 166 g/mol. The molecule has 1 saturated heterocycles. The van der Waals surface area contributed by atoms with Crippen molar-refractivity contribution in [3.63, 3.8) is 0 Å². The van der Waals surface area contributed by atoms with Gasteiger partial charge in [-0.2, -0.15) is 0 Å². The second-order valence-electron chi connectivity index (χ2n) is 3.70. The summed E-state index contributed by atoms with van der Waals surface area (Å²) >= 11 is 0. The minimum Gasteiger partial charge on any atom is -0.352 e. The third-order valence-corrected chi connectivity index (χ3v) is 2.55. The first-order valence-corrected chi connectivity index (χ1v) is 5.19. The molecule has 0 aromatic carbocycles. The lowest BCUT2D eigenvalue weighted by atomic mass is 10.1. The van der Waals surface area contributed by atoms with E-state index in [4.69, 9.17) is 9.47 Å². The standard InChI is InChI=1S/C10H21NO2/c1-4-9(7-11-3)10-12-6-5-8(2)13-10/h8-11H,4-7H2,1-3H3. The first-order valence-electron chi connectivity index (χ1n) is 5.19. The number of ether oxygens (including phenoxy) is 2. The predicted molar refractivity (Wildman–Crippen MR) is 52.6 cm³/mol. The highest BCUT2D eigenvalue weighted by Crippen LogP contribution is 2.20. The summed E-state index contributed by atoms with van der Waals surface area (Å²) in [6, 6.07) is 0. The number of rotatable bonds is 4. The van der Waals surface area contributed by atoms with Crippen LogP contribution in [0.3, 0.4) is 0 Å². The lowest BCUT2D eigenvalue weighted by Gasteiger charge is -2.33. The van der Waals surface area contributed by atoms with Gasteiger partial charge in [0.1, 0.15) is 0 Å². The van der Waals surface area contributed by atoms with Crippen LogP contribution in [0.5, 0.6) is 0 Å². The second kappa shape index (κ2) is 5.58. The van der Waals surface area contributed by atoms with Gasteiger partial charge < -0.3 is 14.8 Å². The van der Waals surface area contributed by atoms with Crippen LogP contribution in [0.4, 0.5) is 0 Å². The maximum absolute atomic E-state index is 5.73. The van der Waals surface area contributed by atoms with Crippen molar-refractivity contribution >= 4 is 0 Å². The van der Waals surface area contributed by atoms with Gasteiger partial charge in [0.05, 0.1) is 12.7 Å². The molecule has 1 N–H and O–H groups in total. The fraction of sp³-hybridized carbons (Fsp3) is 1.00. The van der Waals surface area contributed by atoms with Crippen LogP contribution in [0, 0.1) is 5.92 Å². The first kappa shape index (κ1) is 11.0. The number of hydrogen-bond acceptors (Lipinski definition) is 3. The van der Waals surface area contributed by atoms with Crippen molar-refractivity contribution in [2.45, 2.75) is 39.1 Å². The summed E-state index contributed by atoms with van der Waals surface area (Å²) in [5, 5.41) is 3.17. The summed E-state index contributed by atoms with van der Waals surface area (Å²) in [5.41, 5.74) is 0. The molecule has 0 aromatic heterocycles. The third-order valence-electron chi connectivity index (χ3n) is 2.55. The zero-order valence-electron chi connectivity index (χ0n) is 8.88. The van der Waals surface area contributed by atoms with E-state index in [1.807, 2.05) is 7.05 Å². The van der Waals surface area contributed by atoms with Crippen molar-refractivity contribution in [2.75, 3.05) is 20.2 Å². The van der Waals surface area contributed by atoms with Gasteiger partial charge in [0.15, 0.2) is 6.29 Å². The van der Waals surface area contributed by atoms with E-state index in [1.165, 1.54) is 0 Å². The van der Waals surface area contributed by atoms with E-state index in [9.17, 15) is 0 Å². The minimum atomic E-state index is 0.00111. The van der Waals surface area contributed by atoms with Gasteiger partial charge in [-0.25, -0.2) is 0 Å². The van der Waals surface area contributed by atoms with Crippen LogP contribution >= 0.6 is 0 Å². The molecule has 3 nitrogen and oxygen atoms in total. The molecule has 78 valence electrons. The monoisotopic (exact) mass is 187 g/mol. The van der Waals surface area contributed by atoms with Gasteiger partial charge in [0, 0.05) is 12.5 Å². The molecule has 1 aliphatic heterocycles. The first-order chi connectivity index (χ1) is 6.27. The molecule has 0 bridgehead atoms. The van der Waals surface area contributed by atoms with Gasteiger partial charge in [0.2, 0.25) is 0 Å². The summed E-state index contributed by atoms with van der Waals surface area (Å²) in [6.45, 7) is 6.09. The quantitative estimate of drug-likeness (QED) is 0.721. The maximum atomic E-state index is 5.73. The van der Waals surface area contributed by atoms with E-state index in [0.29, 0.717) is 12.0 Å². The van der Waals surface area contributed by atoms with Crippen LogP contribution < -0.4 is 5.32 Å². The van der Waals surface area contributed by atoms with E-state index < -0.39 is 0 Å². The molecule has 0 saturated carbocycles. The predicted octanol–water partition coefficient (Wildman–Crippen LogP) is 1.38. The van der Waals surface area contributed by atoms with Crippen LogP contribution in [0.2, 0.25) is 0 Å². The number of nitrogens with one attached hydrogen (secondary N) is 1. The molecule has 3 atom stereocenters. The van der Waals surface area contributed by atoms with Gasteiger partial charge in [-0.3, -0.25) is 0 Å². The highest BCUT2D eigenvalue weighted by atomic mass is 16.7. The molecule has 1 aliphatic rings. The Bertz CT molecular complexity index is 141. The second-order valence-corrected chi connectivity index (χ2v) is 3.70. The van der Waals surface area contributed by atoms with Crippen molar-refractivity contribution in [3.8, 4) is 0 Å². The smallest absolute Gasteiger partial charge is 0.161 e. The third kappa shape index (κ3) is 3.25. The van der Waals surface area contributed by atoms with Crippen molar-refractivity contribution in [1.82, 2.24) is 5.32 Å². The molecule has 3 unspecified atom stereocenters. The average Bonchev–Trinajstić information content (AvgIpc) is 2.14. The Labute approximate surface area is 80.8 Å². The average molecular weight is 187 g/mol. The van der Waals surface area contributed by atoms with Crippen LogP contribution in [0.25, 0.3) is 0 Å². The van der Waals surface area contributed by atoms with Gasteiger partial charge in [-0.1, -0.05) is 6.92 Å². The van der Waals surface area contributed by atoms with Gasteiger partial charge in [0.25, 0.3) is 0 Å². The molecule has 0 radical (unpaired) electrons. The van der Waals surface area contributed by atoms with E-state index in [0.717, 1.165) is 26.0 Å². The van der Waals surface area contributed by atoms with Gasteiger partial charge in [-0.05, 0) is 26.8 Å². The molecular formula is C10H21NO2. The summed E-state index contributed by atoms with van der Waals surface area (Å²) in [4.78, 5) is 0. The minimum absolute atomic E-state index is 0.00111. The molecule has 0 spiro atoms. The zero-order valence-corrected chi connectivity index (χ0v) is 8.88. The topological polar surface area (TPSA) is 30.5 Å². The van der Waals surface area contributed by atoms with E-state index in [-0.39, 0.29) is 6.29 Å². The fourth-order valence-electron chi connectivity index (χ4n) is 1.63. The van der Waals surface area contributed by atoms with Crippen LogP contribution in [0.15, 0.2) is 0 Å². The largest absolute Gasteiger partial charge is 0.352 e. The van der Waals surface area contributed by atoms with Gasteiger partial charge in [-0.15, -0.1) is 0 Å². The summed E-state index contributed by atoms with van der Waals surface area (Å²) in [5.74, 6) is 0.479. The lowest BCUT2D eigenvalue weighted by Crippen LogP contribution is -2.39. The Morgan fingerprint density at radius 2 is 2.31 bits per heavy atom. The van der Waals surface area contributed by atoms with Crippen LogP contribution in [-0.4, -0.2) is 32.6 Å².